The van der Waals surface area contributed by atoms with Crippen LogP contribution in [0.15, 0.2) is 6.20 Å². The van der Waals surface area contributed by atoms with Gasteiger partial charge in [-0.25, -0.2) is 13.8 Å². The smallest absolute Gasteiger partial charge is 0.252 e. The third-order valence-corrected chi connectivity index (χ3v) is 4.72. The third kappa shape index (κ3) is 2.11. The molecule has 1 aliphatic heterocycles. The Labute approximate surface area is 136 Å². The number of fused-ring (bicyclic) bond motifs is 3. The van der Waals surface area contributed by atoms with Gasteiger partial charge in [-0.1, -0.05) is 6.92 Å². The standard InChI is InChI=1S/C14H15ClF2N6/c1-3-9-12-21-20-7(2)22(12)10-6-18-13(15)19-11(10)23(9)8-4-14(16,17)5-8/h6,8-9H,3-5H2,1-2H3/t9-/m1/s1. The van der Waals surface area contributed by atoms with E-state index in [0.717, 1.165) is 5.82 Å². The Hall–Kier alpha value is -1.83. The lowest BCUT2D eigenvalue weighted by molar-refractivity contribution is -0.0878. The van der Waals surface area contributed by atoms with Gasteiger partial charge in [-0.05, 0) is 24.9 Å². The van der Waals surface area contributed by atoms with Crippen molar-refractivity contribution in [1.29, 1.82) is 0 Å². The Morgan fingerprint density at radius 2 is 2.09 bits per heavy atom. The summed E-state index contributed by atoms with van der Waals surface area (Å²) in [6.07, 6.45) is 1.94. The first kappa shape index (κ1) is 14.7. The summed E-state index contributed by atoms with van der Waals surface area (Å²) in [5.41, 5.74) is 0.687. The summed E-state index contributed by atoms with van der Waals surface area (Å²) in [5.74, 6) is -0.586. The van der Waals surface area contributed by atoms with E-state index in [4.69, 9.17) is 11.6 Å². The predicted octanol–water partition coefficient (Wildman–Crippen LogP) is 3.09. The number of alkyl halides is 2. The van der Waals surface area contributed by atoms with Crippen molar-refractivity contribution in [3.63, 3.8) is 0 Å². The molecule has 2 aromatic rings. The van der Waals surface area contributed by atoms with Gasteiger partial charge in [0.2, 0.25) is 5.28 Å². The summed E-state index contributed by atoms with van der Waals surface area (Å²) in [4.78, 5) is 10.3. The molecule has 0 amide bonds. The highest BCUT2D eigenvalue weighted by molar-refractivity contribution is 6.28. The van der Waals surface area contributed by atoms with Crippen LogP contribution in [0.3, 0.4) is 0 Å². The summed E-state index contributed by atoms with van der Waals surface area (Å²) >= 11 is 5.96. The molecule has 0 aromatic carbocycles. The van der Waals surface area contributed by atoms with Crippen LogP contribution in [0.1, 0.15) is 43.9 Å². The molecule has 0 saturated heterocycles. The van der Waals surface area contributed by atoms with Crippen molar-refractivity contribution in [3.8, 4) is 5.69 Å². The number of nitrogens with zero attached hydrogens (tertiary/aromatic N) is 6. The van der Waals surface area contributed by atoms with Crippen LogP contribution >= 0.6 is 11.6 Å². The summed E-state index contributed by atoms with van der Waals surface area (Å²) in [6, 6.07) is -0.443. The zero-order valence-corrected chi connectivity index (χ0v) is 13.4. The molecular formula is C14H15ClF2N6. The Kier molecular flexibility index (Phi) is 3.10. The quantitative estimate of drug-likeness (QED) is 0.786. The second kappa shape index (κ2) is 4.83. The topological polar surface area (TPSA) is 59.7 Å². The zero-order valence-electron chi connectivity index (χ0n) is 12.7. The van der Waals surface area contributed by atoms with Gasteiger partial charge in [0.15, 0.2) is 11.6 Å². The summed E-state index contributed by atoms with van der Waals surface area (Å²) in [5, 5.41) is 8.49. The Morgan fingerprint density at radius 3 is 2.74 bits per heavy atom. The largest absolute Gasteiger partial charge is 0.341 e. The molecular weight excluding hydrogens is 326 g/mol. The molecule has 122 valence electrons. The normalized spacial score (nSPS) is 22.5. The lowest BCUT2D eigenvalue weighted by Gasteiger charge is -2.48. The minimum Gasteiger partial charge on any atom is -0.341 e. The Bertz CT molecular complexity index is 769. The summed E-state index contributed by atoms with van der Waals surface area (Å²) in [7, 11) is 0. The van der Waals surface area contributed by atoms with E-state index in [-0.39, 0.29) is 30.2 Å². The maximum atomic E-state index is 13.4. The molecule has 1 saturated carbocycles. The Balaban J connectivity index is 1.88. The van der Waals surface area contributed by atoms with E-state index in [1.807, 2.05) is 23.3 Å². The first-order valence-corrected chi connectivity index (χ1v) is 7.90. The maximum absolute atomic E-state index is 13.4. The van der Waals surface area contributed by atoms with E-state index in [2.05, 4.69) is 20.2 Å². The van der Waals surface area contributed by atoms with Gasteiger partial charge in [-0.15, -0.1) is 10.2 Å². The third-order valence-electron chi connectivity index (χ3n) is 4.54. The monoisotopic (exact) mass is 340 g/mol. The van der Waals surface area contributed by atoms with Crippen LogP contribution in [-0.4, -0.2) is 36.7 Å². The molecule has 2 aromatic heterocycles. The molecule has 9 heteroatoms. The molecule has 0 N–H and O–H groups in total. The van der Waals surface area contributed by atoms with Gasteiger partial charge in [-0.3, -0.25) is 4.57 Å². The van der Waals surface area contributed by atoms with Crippen molar-refractivity contribution < 1.29 is 8.78 Å². The zero-order chi connectivity index (χ0) is 16.4. The molecule has 2 aliphatic rings. The first-order valence-electron chi connectivity index (χ1n) is 7.52. The van der Waals surface area contributed by atoms with E-state index < -0.39 is 5.92 Å². The number of hydrogen-bond acceptors (Lipinski definition) is 5. The summed E-state index contributed by atoms with van der Waals surface area (Å²) in [6.45, 7) is 3.84. The minimum absolute atomic E-state index is 0.101. The fourth-order valence-electron chi connectivity index (χ4n) is 3.49. The van der Waals surface area contributed by atoms with Gasteiger partial charge < -0.3 is 4.90 Å². The molecule has 4 rings (SSSR count). The van der Waals surface area contributed by atoms with Gasteiger partial charge in [0.1, 0.15) is 11.5 Å². The molecule has 1 fully saturated rings. The van der Waals surface area contributed by atoms with Crippen molar-refractivity contribution in [2.45, 2.75) is 51.1 Å². The van der Waals surface area contributed by atoms with E-state index in [1.54, 1.807) is 6.20 Å². The second-order valence-corrected chi connectivity index (χ2v) is 6.38. The van der Waals surface area contributed by atoms with Crippen LogP contribution in [0.2, 0.25) is 5.28 Å². The minimum atomic E-state index is -2.61. The number of halogens is 3. The van der Waals surface area contributed by atoms with Gasteiger partial charge in [0.05, 0.1) is 12.2 Å². The van der Waals surface area contributed by atoms with Crippen molar-refractivity contribution in [2.24, 2.45) is 0 Å². The van der Waals surface area contributed by atoms with Crippen molar-refractivity contribution >= 4 is 17.4 Å². The van der Waals surface area contributed by atoms with Crippen molar-refractivity contribution in [2.75, 3.05) is 4.90 Å². The number of rotatable bonds is 2. The SMILES string of the molecule is CC[C@@H]1c2nnc(C)n2-c2cnc(Cl)nc2N1C1CC(F)(F)C1. The van der Waals surface area contributed by atoms with Crippen LogP contribution < -0.4 is 4.90 Å². The average molecular weight is 341 g/mol. The fraction of sp³-hybridized carbons (Fsp3) is 0.571. The highest BCUT2D eigenvalue weighted by Crippen LogP contribution is 2.48. The predicted molar refractivity (Wildman–Crippen MR) is 80.2 cm³/mol. The lowest BCUT2D eigenvalue weighted by atomic mass is 9.85. The maximum Gasteiger partial charge on any atom is 0.252 e. The number of aryl methyl sites for hydroxylation is 1. The molecule has 3 heterocycles. The van der Waals surface area contributed by atoms with Crippen LogP contribution in [-0.2, 0) is 0 Å². The molecule has 0 unspecified atom stereocenters. The molecule has 0 bridgehead atoms. The van der Waals surface area contributed by atoms with Gasteiger partial charge >= 0.3 is 0 Å². The van der Waals surface area contributed by atoms with Crippen molar-refractivity contribution in [3.05, 3.63) is 23.1 Å². The lowest BCUT2D eigenvalue weighted by Crippen LogP contribution is -2.54. The van der Waals surface area contributed by atoms with E-state index in [0.29, 0.717) is 23.8 Å². The van der Waals surface area contributed by atoms with Crippen LogP contribution in [0.25, 0.3) is 5.69 Å². The van der Waals surface area contributed by atoms with Crippen LogP contribution in [0, 0.1) is 6.92 Å². The Morgan fingerprint density at radius 1 is 1.35 bits per heavy atom. The molecule has 23 heavy (non-hydrogen) atoms. The summed E-state index contributed by atoms with van der Waals surface area (Å²) < 4.78 is 28.7. The molecule has 1 aliphatic carbocycles. The van der Waals surface area contributed by atoms with E-state index >= 15 is 0 Å². The van der Waals surface area contributed by atoms with Gasteiger partial charge in [0, 0.05) is 18.9 Å². The van der Waals surface area contributed by atoms with Crippen LogP contribution in [0.5, 0.6) is 0 Å². The average Bonchev–Trinajstić information content (AvgIpc) is 2.85. The van der Waals surface area contributed by atoms with Crippen molar-refractivity contribution in [1.82, 2.24) is 24.7 Å². The number of anilines is 1. The van der Waals surface area contributed by atoms with E-state index in [9.17, 15) is 8.78 Å². The van der Waals surface area contributed by atoms with Gasteiger partial charge in [-0.2, -0.15) is 4.98 Å². The van der Waals surface area contributed by atoms with E-state index in [1.165, 1.54) is 0 Å². The highest BCUT2D eigenvalue weighted by Gasteiger charge is 2.51. The number of aromatic nitrogens is 5. The molecule has 6 nitrogen and oxygen atoms in total. The highest BCUT2D eigenvalue weighted by atomic mass is 35.5. The molecule has 1 atom stereocenters. The van der Waals surface area contributed by atoms with Crippen LogP contribution in [0.4, 0.5) is 14.6 Å². The molecule has 0 radical (unpaired) electrons. The first-order chi connectivity index (χ1) is 10.9. The van der Waals surface area contributed by atoms with Gasteiger partial charge in [0.25, 0.3) is 5.92 Å². The number of hydrogen-bond donors (Lipinski definition) is 0. The fourth-order valence-corrected chi connectivity index (χ4v) is 3.62. The molecule has 0 spiro atoms. The second-order valence-electron chi connectivity index (χ2n) is 6.04.